The third kappa shape index (κ3) is 3.34. The number of nitrogens with zero attached hydrogens (tertiary/aromatic N) is 3. The van der Waals surface area contributed by atoms with Crippen molar-refractivity contribution in [3.63, 3.8) is 0 Å². The van der Waals surface area contributed by atoms with Crippen molar-refractivity contribution in [2.75, 3.05) is 23.4 Å². The average Bonchev–Trinajstić information content (AvgIpc) is 2.90. The van der Waals surface area contributed by atoms with Crippen molar-refractivity contribution in [2.24, 2.45) is 0 Å². The molecule has 0 N–H and O–H groups in total. The minimum Gasteiger partial charge on any atom is -0.477 e. The van der Waals surface area contributed by atoms with Gasteiger partial charge in [-0.3, -0.25) is 4.98 Å². The van der Waals surface area contributed by atoms with Crippen molar-refractivity contribution in [3.8, 4) is 5.88 Å². The maximum absolute atomic E-state index is 5.43. The molecule has 100 valence electrons. The van der Waals surface area contributed by atoms with Gasteiger partial charge < -0.3 is 9.64 Å². The van der Waals surface area contributed by atoms with Gasteiger partial charge in [0.15, 0.2) is 5.82 Å². The summed E-state index contributed by atoms with van der Waals surface area (Å²) in [6.45, 7) is 3.55. The lowest BCUT2D eigenvalue weighted by Crippen LogP contribution is -2.35. The molecule has 0 saturated heterocycles. The van der Waals surface area contributed by atoms with Gasteiger partial charge >= 0.3 is 0 Å². The molecule has 0 bridgehead atoms. The van der Waals surface area contributed by atoms with E-state index in [9.17, 15) is 0 Å². The molecule has 18 heavy (non-hydrogen) atoms. The molecule has 1 heterocycles. The molecule has 0 atom stereocenters. The number of aromatic nitrogens is 2. The third-order valence-electron chi connectivity index (χ3n) is 3.28. The molecule has 1 saturated carbocycles. The highest BCUT2D eigenvalue weighted by molar-refractivity contribution is 9.09. The van der Waals surface area contributed by atoms with Crippen LogP contribution < -0.4 is 9.64 Å². The Morgan fingerprint density at radius 1 is 1.39 bits per heavy atom. The van der Waals surface area contributed by atoms with Crippen molar-refractivity contribution in [1.29, 1.82) is 0 Å². The van der Waals surface area contributed by atoms with E-state index in [0.717, 1.165) is 17.7 Å². The Kier molecular flexibility index (Phi) is 5.23. The normalized spacial score (nSPS) is 15.9. The average molecular weight is 314 g/mol. The third-order valence-corrected chi connectivity index (χ3v) is 3.63. The summed E-state index contributed by atoms with van der Waals surface area (Å²) in [5.41, 5.74) is 0. The van der Waals surface area contributed by atoms with Crippen LogP contribution in [0.25, 0.3) is 0 Å². The summed E-state index contributed by atoms with van der Waals surface area (Å²) in [5.74, 6) is 1.56. The van der Waals surface area contributed by atoms with Gasteiger partial charge in [0.2, 0.25) is 5.88 Å². The first-order chi connectivity index (χ1) is 8.85. The predicted octanol–water partition coefficient (Wildman–Crippen LogP) is 3.02. The maximum Gasteiger partial charge on any atom is 0.234 e. The molecule has 0 unspecified atom stereocenters. The molecule has 0 radical (unpaired) electrons. The van der Waals surface area contributed by atoms with E-state index < -0.39 is 0 Å². The van der Waals surface area contributed by atoms with Crippen LogP contribution in [0, 0.1) is 0 Å². The van der Waals surface area contributed by atoms with Crippen molar-refractivity contribution < 1.29 is 4.74 Å². The number of hydrogen-bond acceptors (Lipinski definition) is 4. The van der Waals surface area contributed by atoms with Crippen molar-refractivity contribution in [2.45, 2.75) is 38.6 Å². The molecule has 2 rings (SSSR count). The fraction of sp³-hybridized carbons (Fsp3) is 0.692. The van der Waals surface area contributed by atoms with Crippen LogP contribution in [0.1, 0.15) is 32.6 Å². The van der Waals surface area contributed by atoms with Crippen LogP contribution in [0.15, 0.2) is 12.4 Å². The Balaban J connectivity index is 2.15. The molecule has 0 aromatic carbocycles. The van der Waals surface area contributed by atoms with Crippen LogP contribution in [0.2, 0.25) is 0 Å². The second-order valence-corrected chi connectivity index (χ2v) is 5.26. The summed E-state index contributed by atoms with van der Waals surface area (Å²) >= 11 is 3.52. The molecule has 1 aliphatic carbocycles. The van der Waals surface area contributed by atoms with Gasteiger partial charge in [-0.05, 0) is 19.8 Å². The maximum atomic E-state index is 5.43. The number of halogens is 1. The molecule has 0 aliphatic heterocycles. The molecule has 5 heteroatoms. The molecule has 1 fully saturated rings. The largest absolute Gasteiger partial charge is 0.477 e. The van der Waals surface area contributed by atoms with Crippen LogP contribution >= 0.6 is 15.9 Å². The van der Waals surface area contributed by atoms with E-state index in [0.29, 0.717) is 18.5 Å². The summed E-state index contributed by atoms with van der Waals surface area (Å²) in [4.78, 5) is 11.1. The fourth-order valence-corrected chi connectivity index (χ4v) is 2.87. The Morgan fingerprint density at radius 3 is 2.83 bits per heavy atom. The molecular weight excluding hydrogens is 294 g/mol. The van der Waals surface area contributed by atoms with Crippen LogP contribution in [-0.4, -0.2) is 34.5 Å². The number of rotatable bonds is 6. The standard InChI is InChI=1S/C13H20BrN3O/c1-2-18-13-10-15-9-12(16-13)17(8-7-14)11-5-3-4-6-11/h9-11H,2-8H2,1H3. The highest BCUT2D eigenvalue weighted by Gasteiger charge is 2.23. The SMILES string of the molecule is CCOc1cncc(N(CCBr)C2CCCC2)n1. The topological polar surface area (TPSA) is 38.2 Å². The van der Waals surface area contributed by atoms with Crippen LogP contribution in [0.4, 0.5) is 5.82 Å². The van der Waals surface area contributed by atoms with E-state index in [-0.39, 0.29) is 0 Å². The summed E-state index contributed by atoms with van der Waals surface area (Å²) in [6, 6.07) is 0.605. The zero-order valence-electron chi connectivity index (χ0n) is 10.8. The van der Waals surface area contributed by atoms with Crippen molar-refractivity contribution >= 4 is 21.7 Å². The van der Waals surface area contributed by atoms with Crippen LogP contribution in [0.3, 0.4) is 0 Å². The van der Waals surface area contributed by atoms with Crippen LogP contribution in [-0.2, 0) is 0 Å². The second-order valence-electron chi connectivity index (χ2n) is 4.47. The lowest BCUT2D eigenvalue weighted by molar-refractivity contribution is 0.325. The minimum atomic E-state index is 0.605. The molecule has 1 aromatic rings. The lowest BCUT2D eigenvalue weighted by Gasteiger charge is -2.29. The molecular formula is C13H20BrN3O. The smallest absolute Gasteiger partial charge is 0.234 e. The number of alkyl halides is 1. The van der Waals surface area contributed by atoms with E-state index in [1.54, 1.807) is 6.20 Å². The molecule has 0 spiro atoms. The molecule has 1 aliphatic rings. The first-order valence-corrected chi connectivity index (χ1v) is 7.74. The van der Waals surface area contributed by atoms with Gasteiger partial charge in [0, 0.05) is 17.9 Å². The summed E-state index contributed by atoms with van der Waals surface area (Å²) < 4.78 is 5.43. The van der Waals surface area contributed by atoms with Gasteiger partial charge in [-0.15, -0.1) is 0 Å². The summed E-state index contributed by atoms with van der Waals surface area (Å²) in [5, 5.41) is 0.948. The quantitative estimate of drug-likeness (QED) is 0.757. The number of hydrogen-bond donors (Lipinski definition) is 0. The van der Waals surface area contributed by atoms with Crippen molar-refractivity contribution in [3.05, 3.63) is 12.4 Å². The second kappa shape index (κ2) is 6.92. The zero-order valence-corrected chi connectivity index (χ0v) is 12.4. The van der Waals surface area contributed by atoms with Gasteiger partial charge in [0.05, 0.1) is 19.0 Å². The van der Waals surface area contributed by atoms with E-state index in [1.807, 2.05) is 13.1 Å². The van der Waals surface area contributed by atoms with Crippen molar-refractivity contribution in [1.82, 2.24) is 9.97 Å². The highest BCUT2D eigenvalue weighted by Crippen LogP contribution is 2.27. The Hall–Kier alpha value is -0.840. The van der Waals surface area contributed by atoms with Gasteiger partial charge in [-0.2, -0.15) is 4.98 Å². The van der Waals surface area contributed by atoms with E-state index in [1.165, 1.54) is 25.7 Å². The highest BCUT2D eigenvalue weighted by atomic mass is 79.9. The van der Waals surface area contributed by atoms with Crippen LogP contribution in [0.5, 0.6) is 5.88 Å². The van der Waals surface area contributed by atoms with Gasteiger partial charge in [-0.1, -0.05) is 28.8 Å². The summed E-state index contributed by atoms with van der Waals surface area (Å²) in [7, 11) is 0. The Morgan fingerprint density at radius 2 is 2.17 bits per heavy atom. The molecule has 1 aromatic heterocycles. The molecule has 4 nitrogen and oxygen atoms in total. The van der Waals surface area contributed by atoms with E-state index in [4.69, 9.17) is 4.74 Å². The van der Waals surface area contributed by atoms with E-state index >= 15 is 0 Å². The number of anilines is 1. The number of ether oxygens (including phenoxy) is 1. The monoisotopic (exact) mass is 313 g/mol. The zero-order chi connectivity index (χ0) is 12.8. The fourth-order valence-electron chi connectivity index (χ4n) is 2.49. The predicted molar refractivity (Wildman–Crippen MR) is 76.6 cm³/mol. The van der Waals surface area contributed by atoms with Gasteiger partial charge in [0.25, 0.3) is 0 Å². The first-order valence-electron chi connectivity index (χ1n) is 6.62. The van der Waals surface area contributed by atoms with Gasteiger partial charge in [0.1, 0.15) is 0 Å². The Bertz CT molecular complexity index is 369. The first kappa shape index (κ1) is 13.6. The summed E-state index contributed by atoms with van der Waals surface area (Å²) in [6.07, 6.45) is 8.67. The van der Waals surface area contributed by atoms with E-state index in [2.05, 4.69) is 30.8 Å². The van der Waals surface area contributed by atoms with Gasteiger partial charge in [-0.25, -0.2) is 0 Å². The Labute approximate surface area is 117 Å². The molecule has 0 amide bonds. The minimum absolute atomic E-state index is 0.605. The lowest BCUT2D eigenvalue weighted by atomic mass is 10.2.